The number of rotatable bonds is 3. The van der Waals surface area contributed by atoms with E-state index >= 15 is 0 Å². The molecule has 0 atom stereocenters. The van der Waals surface area contributed by atoms with Gasteiger partial charge in [-0.1, -0.05) is 18.2 Å². The topological polar surface area (TPSA) is 59.8 Å². The van der Waals surface area contributed by atoms with Gasteiger partial charge in [-0.3, -0.25) is 9.36 Å². The third kappa shape index (κ3) is 2.90. The fraction of sp³-hybridized carbons (Fsp3) is 0.118. The van der Waals surface area contributed by atoms with E-state index in [0.717, 1.165) is 11.3 Å². The molecule has 0 saturated carbocycles. The molecule has 5 nitrogen and oxygen atoms in total. The predicted molar refractivity (Wildman–Crippen MR) is 95.1 cm³/mol. The zero-order valence-electron chi connectivity index (χ0n) is 13.1. The molecule has 4 aromatic rings. The van der Waals surface area contributed by atoms with Crippen LogP contribution in [-0.4, -0.2) is 27.3 Å². The van der Waals surface area contributed by atoms with E-state index in [1.165, 1.54) is 23.2 Å². The Labute approximate surface area is 148 Å². The van der Waals surface area contributed by atoms with E-state index in [1.54, 1.807) is 24.3 Å². The average molecular weight is 376 g/mol. The van der Waals surface area contributed by atoms with Gasteiger partial charge in [-0.15, -0.1) is 11.3 Å². The minimum Gasteiger partial charge on any atom is -0.376 e. The Kier molecular flexibility index (Phi) is 3.87. The van der Waals surface area contributed by atoms with Crippen LogP contribution in [0.2, 0.25) is 0 Å². The van der Waals surface area contributed by atoms with Gasteiger partial charge < -0.3 is 5.32 Å². The molecular weight excluding hydrogens is 365 g/mol. The van der Waals surface area contributed by atoms with Gasteiger partial charge in [0.15, 0.2) is 0 Å². The monoisotopic (exact) mass is 376 g/mol. The highest BCUT2D eigenvalue weighted by Gasteiger charge is 2.27. The molecule has 0 unspecified atom stereocenters. The van der Waals surface area contributed by atoms with Crippen molar-refractivity contribution in [1.29, 1.82) is 0 Å². The quantitative estimate of drug-likeness (QED) is 0.588. The largest absolute Gasteiger partial charge is 0.405 e. The van der Waals surface area contributed by atoms with Crippen LogP contribution in [0.3, 0.4) is 0 Å². The number of aromatic nitrogens is 3. The van der Waals surface area contributed by atoms with Gasteiger partial charge in [-0.05, 0) is 18.2 Å². The summed E-state index contributed by atoms with van der Waals surface area (Å²) in [6.07, 6.45) is -1.56. The van der Waals surface area contributed by atoms with Gasteiger partial charge in [0.05, 0.1) is 16.6 Å². The van der Waals surface area contributed by atoms with Crippen LogP contribution in [-0.2, 0) is 0 Å². The zero-order valence-corrected chi connectivity index (χ0v) is 13.9. The van der Waals surface area contributed by atoms with Gasteiger partial charge >= 0.3 is 6.18 Å². The summed E-state index contributed by atoms with van der Waals surface area (Å²) in [7, 11) is 0. The maximum Gasteiger partial charge on any atom is 0.405 e. The van der Waals surface area contributed by atoms with Crippen LogP contribution < -0.4 is 10.9 Å². The normalized spacial score (nSPS) is 12.0. The highest BCUT2D eigenvalue weighted by molar-refractivity contribution is 7.25. The van der Waals surface area contributed by atoms with Crippen LogP contribution in [0, 0.1) is 0 Å². The summed E-state index contributed by atoms with van der Waals surface area (Å²) in [6.45, 7) is -1.18. The minimum atomic E-state index is -4.35. The van der Waals surface area contributed by atoms with Crippen molar-refractivity contribution in [3.63, 3.8) is 0 Å². The van der Waals surface area contributed by atoms with Crippen LogP contribution in [0.15, 0.2) is 53.7 Å². The summed E-state index contributed by atoms with van der Waals surface area (Å²) in [5.74, 6) is 0. The number of alkyl halides is 3. The average Bonchev–Trinajstić information content (AvgIpc) is 3.01. The first kappa shape index (κ1) is 16.5. The number of thiophene rings is 1. The van der Waals surface area contributed by atoms with Gasteiger partial charge in [0, 0.05) is 11.9 Å². The van der Waals surface area contributed by atoms with Crippen molar-refractivity contribution in [3.8, 4) is 5.69 Å². The molecule has 1 aromatic carbocycles. The molecule has 0 aliphatic rings. The standard InChI is InChI=1S/C17H11F3N4OS/c18-17(19,20)8-22-11-6-7-21-15-12(11)13-14(26-15)16(25)24(9-23-13)10-4-2-1-3-5-10/h1-7,9H,8H2,(H,21,22). The van der Waals surface area contributed by atoms with Gasteiger partial charge in [0.2, 0.25) is 0 Å². The lowest BCUT2D eigenvalue weighted by Gasteiger charge is -2.10. The lowest BCUT2D eigenvalue weighted by molar-refractivity contribution is -0.115. The number of pyridine rings is 1. The highest BCUT2D eigenvalue weighted by Crippen LogP contribution is 2.34. The highest BCUT2D eigenvalue weighted by atomic mass is 32.1. The van der Waals surface area contributed by atoms with E-state index in [9.17, 15) is 18.0 Å². The van der Waals surface area contributed by atoms with E-state index in [-0.39, 0.29) is 11.2 Å². The molecule has 4 rings (SSSR count). The zero-order chi connectivity index (χ0) is 18.3. The molecule has 0 bridgehead atoms. The Bertz CT molecular complexity index is 1150. The van der Waals surface area contributed by atoms with Gasteiger partial charge in [0.25, 0.3) is 5.56 Å². The van der Waals surface area contributed by atoms with Crippen molar-refractivity contribution in [2.24, 2.45) is 0 Å². The van der Waals surface area contributed by atoms with Crippen molar-refractivity contribution in [1.82, 2.24) is 14.5 Å². The maximum absolute atomic E-state index is 12.8. The molecule has 0 amide bonds. The number of fused-ring (bicyclic) bond motifs is 3. The molecule has 3 aromatic heterocycles. The fourth-order valence-electron chi connectivity index (χ4n) is 2.67. The molecule has 0 saturated heterocycles. The molecule has 26 heavy (non-hydrogen) atoms. The molecule has 3 heterocycles. The summed E-state index contributed by atoms with van der Waals surface area (Å²) in [6, 6.07) is 10.4. The summed E-state index contributed by atoms with van der Waals surface area (Å²) < 4.78 is 39.4. The molecule has 0 aliphatic carbocycles. The first-order chi connectivity index (χ1) is 12.4. The first-order valence-corrected chi connectivity index (χ1v) is 8.40. The second-order valence-corrected chi connectivity index (χ2v) is 6.54. The van der Waals surface area contributed by atoms with Crippen molar-refractivity contribution in [2.75, 3.05) is 11.9 Å². The smallest absolute Gasteiger partial charge is 0.376 e. The Hall–Kier alpha value is -2.94. The van der Waals surface area contributed by atoms with Crippen LogP contribution in [0.4, 0.5) is 18.9 Å². The number of nitrogens with one attached hydrogen (secondary N) is 1. The Morgan fingerprint density at radius 3 is 2.62 bits per heavy atom. The summed E-state index contributed by atoms with van der Waals surface area (Å²) >= 11 is 1.12. The second-order valence-electron chi connectivity index (χ2n) is 5.54. The summed E-state index contributed by atoms with van der Waals surface area (Å²) in [5.41, 5.74) is 0.974. The van der Waals surface area contributed by atoms with Crippen LogP contribution in [0.25, 0.3) is 26.1 Å². The molecule has 0 spiro atoms. The van der Waals surface area contributed by atoms with Crippen LogP contribution >= 0.6 is 11.3 Å². The number of benzene rings is 1. The number of para-hydroxylation sites is 1. The van der Waals surface area contributed by atoms with Crippen molar-refractivity contribution in [2.45, 2.75) is 6.18 Å². The van der Waals surface area contributed by atoms with Gasteiger partial charge in [0.1, 0.15) is 22.4 Å². The van der Waals surface area contributed by atoms with Crippen molar-refractivity contribution < 1.29 is 13.2 Å². The number of anilines is 1. The molecular formula is C17H11F3N4OS. The fourth-order valence-corrected chi connectivity index (χ4v) is 3.72. The number of halogens is 3. The molecule has 0 fully saturated rings. The number of hydrogen-bond donors (Lipinski definition) is 1. The lowest BCUT2D eigenvalue weighted by atomic mass is 10.2. The minimum absolute atomic E-state index is 0.253. The third-order valence-corrected chi connectivity index (χ3v) is 4.87. The summed E-state index contributed by atoms with van der Waals surface area (Å²) in [5, 5.41) is 2.79. The number of nitrogens with zero attached hydrogens (tertiary/aromatic N) is 3. The lowest BCUT2D eigenvalue weighted by Crippen LogP contribution is -2.21. The van der Waals surface area contributed by atoms with Crippen LogP contribution in [0.5, 0.6) is 0 Å². The molecule has 0 radical (unpaired) electrons. The molecule has 0 aliphatic heterocycles. The van der Waals surface area contributed by atoms with Crippen LogP contribution in [0.1, 0.15) is 0 Å². The van der Waals surface area contributed by atoms with E-state index in [4.69, 9.17) is 0 Å². The molecule has 132 valence electrons. The van der Waals surface area contributed by atoms with Crippen molar-refractivity contribution in [3.05, 3.63) is 59.3 Å². The molecule has 9 heteroatoms. The summed E-state index contributed by atoms with van der Waals surface area (Å²) in [4.78, 5) is 21.8. The van der Waals surface area contributed by atoms with E-state index in [1.807, 2.05) is 6.07 Å². The van der Waals surface area contributed by atoms with E-state index < -0.39 is 12.7 Å². The van der Waals surface area contributed by atoms with Gasteiger partial charge in [-0.2, -0.15) is 13.2 Å². The van der Waals surface area contributed by atoms with Crippen molar-refractivity contribution >= 4 is 37.5 Å². The predicted octanol–water partition coefficient (Wildman–Crippen LogP) is 3.97. The van der Waals surface area contributed by atoms with E-state index in [2.05, 4.69) is 15.3 Å². The van der Waals surface area contributed by atoms with E-state index in [0.29, 0.717) is 26.1 Å². The number of hydrogen-bond acceptors (Lipinski definition) is 5. The Balaban J connectivity index is 1.90. The third-order valence-electron chi connectivity index (χ3n) is 3.80. The second kappa shape index (κ2) is 6.10. The Morgan fingerprint density at radius 1 is 1.12 bits per heavy atom. The first-order valence-electron chi connectivity index (χ1n) is 7.59. The maximum atomic E-state index is 12.8. The Morgan fingerprint density at radius 2 is 1.88 bits per heavy atom. The SMILES string of the molecule is O=c1c2sc3nccc(NCC(F)(F)F)c3c2ncn1-c1ccccc1. The molecule has 1 N–H and O–H groups in total. The van der Waals surface area contributed by atoms with Gasteiger partial charge in [-0.25, -0.2) is 9.97 Å².